The molecule has 0 aliphatic rings. The second-order valence-electron chi connectivity index (χ2n) is 4.96. The van der Waals surface area contributed by atoms with E-state index in [0.29, 0.717) is 23.8 Å². The van der Waals surface area contributed by atoms with Crippen molar-refractivity contribution in [3.8, 4) is 5.75 Å². The van der Waals surface area contributed by atoms with Crippen LogP contribution in [0.2, 0.25) is 5.02 Å². The zero-order chi connectivity index (χ0) is 15.7. The van der Waals surface area contributed by atoms with Gasteiger partial charge in [0, 0.05) is 6.04 Å². The molecule has 1 unspecified atom stereocenters. The average molecular weight is 314 g/mol. The predicted octanol–water partition coefficient (Wildman–Crippen LogP) is 3.34. The van der Waals surface area contributed by atoms with Gasteiger partial charge >= 0.3 is 5.97 Å². The lowest BCUT2D eigenvalue weighted by Crippen LogP contribution is -2.22. The lowest BCUT2D eigenvalue weighted by atomic mass is 10.0. The number of rotatable bonds is 9. The predicted molar refractivity (Wildman–Crippen MR) is 84.8 cm³/mol. The van der Waals surface area contributed by atoms with Crippen molar-refractivity contribution in [2.24, 2.45) is 5.73 Å². The molecule has 2 N–H and O–H groups in total. The van der Waals surface area contributed by atoms with Gasteiger partial charge in [0.05, 0.1) is 11.6 Å². The summed E-state index contributed by atoms with van der Waals surface area (Å²) >= 11 is 6.15. The maximum atomic E-state index is 11.6. The van der Waals surface area contributed by atoms with E-state index in [9.17, 15) is 4.79 Å². The van der Waals surface area contributed by atoms with Gasteiger partial charge in [0.1, 0.15) is 5.75 Å². The molecule has 0 saturated heterocycles. The highest BCUT2D eigenvalue weighted by Crippen LogP contribution is 2.29. The van der Waals surface area contributed by atoms with Crippen molar-refractivity contribution in [3.63, 3.8) is 0 Å². The molecule has 0 aliphatic carbocycles. The Bertz CT molecular complexity index is 451. The Balaban J connectivity index is 2.62. The number of unbranched alkanes of at least 4 members (excludes halogenated alkanes) is 1. The highest BCUT2D eigenvalue weighted by atomic mass is 35.5. The van der Waals surface area contributed by atoms with Crippen molar-refractivity contribution in [2.45, 2.75) is 45.6 Å². The molecule has 4 nitrogen and oxygen atoms in total. The second-order valence-corrected chi connectivity index (χ2v) is 5.37. The van der Waals surface area contributed by atoms with Crippen LogP contribution in [0.15, 0.2) is 18.2 Å². The molecule has 0 bridgehead atoms. The molecule has 0 aromatic heterocycles. The zero-order valence-electron chi connectivity index (χ0n) is 12.7. The Morgan fingerprint density at radius 2 is 2.14 bits per heavy atom. The normalized spacial score (nSPS) is 12.0. The van der Waals surface area contributed by atoms with Crippen molar-refractivity contribution < 1.29 is 14.3 Å². The minimum atomic E-state index is -0.380. The molecule has 0 fully saturated rings. The number of nitrogens with two attached hydrogens (primary N) is 1. The van der Waals surface area contributed by atoms with Crippen molar-refractivity contribution in [1.82, 2.24) is 0 Å². The van der Waals surface area contributed by atoms with Gasteiger partial charge in [-0.05, 0) is 30.9 Å². The number of esters is 1. The summed E-state index contributed by atoms with van der Waals surface area (Å²) in [6.45, 7) is 4.36. The van der Waals surface area contributed by atoms with Crippen LogP contribution in [0, 0.1) is 0 Å². The van der Waals surface area contributed by atoms with E-state index < -0.39 is 0 Å². The minimum absolute atomic E-state index is 0.0438. The topological polar surface area (TPSA) is 61.5 Å². The van der Waals surface area contributed by atoms with Gasteiger partial charge in [0.25, 0.3) is 0 Å². The summed E-state index contributed by atoms with van der Waals surface area (Å²) in [4.78, 5) is 11.6. The third-order valence-corrected chi connectivity index (χ3v) is 3.45. The highest BCUT2D eigenvalue weighted by Gasteiger charge is 2.13. The number of para-hydroxylation sites is 1. The molecule has 0 heterocycles. The third-order valence-electron chi connectivity index (χ3n) is 3.15. The van der Waals surface area contributed by atoms with Crippen LogP contribution < -0.4 is 10.5 Å². The molecule has 0 aliphatic heterocycles. The van der Waals surface area contributed by atoms with Crippen LogP contribution in [-0.2, 0) is 16.0 Å². The van der Waals surface area contributed by atoms with Crippen LogP contribution in [-0.4, -0.2) is 25.2 Å². The van der Waals surface area contributed by atoms with Crippen LogP contribution >= 0.6 is 11.6 Å². The van der Waals surface area contributed by atoms with E-state index >= 15 is 0 Å². The van der Waals surface area contributed by atoms with Gasteiger partial charge in [-0.3, -0.25) is 0 Å². The lowest BCUT2D eigenvalue weighted by molar-refractivity contribution is -0.146. The molecule has 1 atom stereocenters. The third kappa shape index (κ3) is 6.36. The van der Waals surface area contributed by atoms with Crippen LogP contribution in [0.1, 0.15) is 38.7 Å². The monoisotopic (exact) mass is 313 g/mol. The van der Waals surface area contributed by atoms with Crippen LogP contribution in [0.3, 0.4) is 0 Å². The largest absolute Gasteiger partial charge is 0.480 e. The highest BCUT2D eigenvalue weighted by molar-refractivity contribution is 6.32. The van der Waals surface area contributed by atoms with Gasteiger partial charge in [-0.2, -0.15) is 0 Å². The molecule has 0 radical (unpaired) electrons. The van der Waals surface area contributed by atoms with Gasteiger partial charge < -0.3 is 15.2 Å². The van der Waals surface area contributed by atoms with Crippen LogP contribution in [0.5, 0.6) is 5.75 Å². The number of halogens is 1. The lowest BCUT2D eigenvalue weighted by Gasteiger charge is -2.15. The van der Waals surface area contributed by atoms with E-state index in [4.69, 9.17) is 26.8 Å². The van der Waals surface area contributed by atoms with E-state index in [0.717, 1.165) is 24.8 Å². The summed E-state index contributed by atoms with van der Waals surface area (Å²) in [7, 11) is 0. The summed E-state index contributed by atoms with van der Waals surface area (Å²) in [5.74, 6) is 0.143. The Morgan fingerprint density at radius 1 is 1.38 bits per heavy atom. The molecular formula is C16H24ClNO3. The number of carbonyl (C=O) groups is 1. The first-order valence-electron chi connectivity index (χ1n) is 7.39. The number of hydrogen-bond acceptors (Lipinski definition) is 4. The number of ether oxygens (including phenoxy) is 2. The first-order valence-corrected chi connectivity index (χ1v) is 7.77. The standard InChI is InChI=1S/C16H24ClNO3/c1-3-5-9-20-15(19)11-21-16-12(10-13(18)4-2)7-6-8-14(16)17/h6-8,13H,3-5,9-11,18H2,1-2H3. The average Bonchev–Trinajstić information content (AvgIpc) is 2.46. The second kappa shape index (κ2) is 9.64. The Kier molecular flexibility index (Phi) is 8.16. The van der Waals surface area contributed by atoms with E-state index in [2.05, 4.69) is 0 Å². The Morgan fingerprint density at radius 3 is 2.81 bits per heavy atom. The molecule has 1 aromatic carbocycles. The van der Waals surface area contributed by atoms with E-state index in [1.165, 1.54) is 0 Å². The first-order chi connectivity index (χ1) is 10.1. The first kappa shape index (κ1) is 17.8. The smallest absolute Gasteiger partial charge is 0.344 e. The molecule has 5 heteroatoms. The molecule has 21 heavy (non-hydrogen) atoms. The van der Waals surface area contributed by atoms with Crippen molar-refractivity contribution in [2.75, 3.05) is 13.2 Å². The summed E-state index contributed by atoms with van der Waals surface area (Å²) in [5.41, 5.74) is 6.89. The Hall–Kier alpha value is -1.26. The van der Waals surface area contributed by atoms with E-state index in [1.54, 1.807) is 6.07 Å². The molecular weight excluding hydrogens is 290 g/mol. The molecule has 118 valence electrons. The van der Waals surface area contributed by atoms with Gasteiger partial charge in [-0.1, -0.05) is 44.0 Å². The van der Waals surface area contributed by atoms with Gasteiger partial charge in [-0.15, -0.1) is 0 Å². The zero-order valence-corrected chi connectivity index (χ0v) is 13.5. The quantitative estimate of drug-likeness (QED) is 0.561. The Labute approximate surface area is 131 Å². The van der Waals surface area contributed by atoms with Crippen LogP contribution in [0.4, 0.5) is 0 Å². The summed E-state index contributed by atoms with van der Waals surface area (Å²) in [6, 6.07) is 5.55. The maximum Gasteiger partial charge on any atom is 0.344 e. The molecule has 0 spiro atoms. The van der Waals surface area contributed by atoms with E-state index in [1.807, 2.05) is 26.0 Å². The molecule has 1 rings (SSSR count). The fraction of sp³-hybridized carbons (Fsp3) is 0.562. The summed E-state index contributed by atoms with van der Waals surface area (Å²) < 4.78 is 10.6. The minimum Gasteiger partial charge on any atom is -0.480 e. The summed E-state index contributed by atoms with van der Waals surface area (Å²) in [5, 5.41) is 0.483. The maximum absolute atomic E-state index is 11.6. The van der Waals surface area contributed by atoms with Gasteiger partial charge in [0.2, 0.25) is 0 Å². The van der Waals surface area contributed by atoms with Gasteiger partial charge in [0.15, 0.2) is 6.61 Å². The van der Waals surface area contributed by atoms with Crippen molar-refractivity contribution in [3.05, 3.63) is 28.8 Å². The van der Waals surface area contributed by atoms with E-state index in [-0.39, 0.29) is 18.6 Å². The van der Waals surface area contributed by atoms with Crippen LogP contribution in [0.25, 0.3) is 0 Å². The summed E-state index contributed by atoms with van der Waals surface area (Å²) in [6.07, 6.45) is 3.37. The number of carbonyl (C=O) groups excluding carboxylic acids is 1. The van der Waals surface area contributed by atoms with Crippen molar-refractivity contribution in [1.29, 1.82) is 0 Å². The molecule has 0 amide bonds. The molecule has 1 aromatic rings. The number of hydrogen-bond donors (Lipinski definition) is 1. The number of benzene rings is 1. The van der Waals surface area contributed by atoms with Crippen molar-refractivity contribution >= 4 is 17.6 Å². The molecule has 0 saturated carbocycles. The van der Waals surface area contributed by atoms with Gasteiger partial charge in [-0.25, -0.2) is 4.79 Å². The SMILES string of the molecule is CCCCOC(=O)COc1c(Cl)cccc1CC(N)CC. The fourth-order valence-corrected chi connectivity index (χ4v) is 2.05. The fourth-order valence-electron chi connectivity index (χ4n) is 1.81.